The van der Waals surface area contributed by atoms with Gasteiger partial charge < -0.3 is 9.64 Å². The number of amides is 1. The maximum absolute atomic E-state index is 11.3. The van der Waals surface area contributed by atoms with Crippen molar-refractivity contribution in [3.05, 3.63) is 29.3 Å². The van der Waals surface area contributed by atoms with Gasteiger partial charge >= 0.3 is 0 Å². The highest BCUT2D eigenvalue weighted by atomic mass is 16.5. The molecule has 0 N–H and O–H groups in total. The molecule has 0 aliphatic carbocycles. The number of likely N-dealkylation sites (tertiary alicyclic amines) is 1. The summed E-state index contributed by atoms with van der Waals surface area (Å²) in [7, 11) is 0. The van der Waals surface area contributed by atoms with Gasteiger partial charge in [-0.05, 0) is 48.9 Å². The van der Waals surface area contributed by atoms with Gasteiger partial charge in [-0.1, -0.05) is 12.8 Å². The number of benzene rings is 1. The lowest BCUT2D eigenvalue weighted by Crippen LogP contribution is -2.38. The first-order chi connectivity index (χ1) is 10.1. The monoisotopic (exact) mass is 285 g/mol. The molecule has 3 heteroatoms. The van der Waals surface area contributed by atoms with Crippen LogP contribution in [0.15, 0.2) is 18.2 Å². The quantitative estimate of drug-likeness (QED) is 0.796. The van der Waals surface area contributed by atoms with E-state index in [-0.39, 0.29) is 5.91 Å². The van der Waals surface area contributed by atoms with E-state index in [0.29, 0.717) is 12.5 Å². The lowest BCUT2D eigenvalue weighted by atomic mass is 9.98. The summed E-state index contributed by atoms with van der Waals surface area (Å²) in [5, 5.41) is 0. The number of hydrogen-bond acceptors (Lipinski definition) is 2. The molecule has 2 rings (SSSR count). The Hall–Kier alpha value is -1.95. The molecular weight excluding hydrogens is 262 g/mol. The van der Waals surface area contributed by atoms with Crippen molar-refractivity contribution >= 4 is 5.91 Å². The second-order valence-electron chi connectivity index (χ2n) is 5.58. The number of terminal acetylenes is 1. The third-order valence-electron chi connectivity index (χ3n) is 4.14. The number of carbonyl (C=O) groups is 1. The SMILES string of the molecule is C#Cc1ccc(OCC2CCN(C(C)=O)CC2)c(CC)c1. The van der Waals surface area contributed by atoms with E-state index in [1.807, 2.05) is 23.1 Å². The molecule has 0 spiro atoms. The number of ether oxygens (including phenoxy) is 1. The Morgan fingerprint density at radius 1 is 1.43 bits per heavy atom. The molecule has 0 unspecified atom stereocenters. The average Bonchev–Trinajstić information content (AvgIpc) is 2.53. The summed E-state index contributed by atoms with van der Waals surface area (Å²) in [6.45, 7) is 6.15. The zero-order chi connectivity index (χ0) is 15.2. The van der Waals surface area contributed by atoms with Crippen molar-refractivity contribution < 1.29 is 9.53 Å². The van der Waals surface area contributed by atoms with E-state index < -0.39 is 0 Å². The molecule has 0 bridgehead atoms. The first-order valence-electron chi connectivity index (χ1n) is 7.62. The predicted octanol–water partition coefficient (Wildman–Crippen LogP) is 2.87. The molecule has 0 atom stereocenters. The predicted molar refractivity (Wildman–Crippen MR) is 84.2 cm³/mol. The fourth-order valence-corrected chi connectivity index (χ4v) is 2.71. The number of carbonyl (C=O) groups excluding carboxylic acids is 1. The van der Waals surface area contributed by atoms with Crippen molar-refractivity contribution in [3.63, 3.8) is 0 Å². The molecule has 0 radical (unpaired) electrons. The minimum absolute atomic E-state index is 0.174. The molecule has 1 aliphatic rings. The van der Waals surface area contributed by atoms with Crippen LogP contribution in [0.3, 0.4) is 0 Å². The Balaban J connectivity index is 1.89. The van der Waals surface area contributed by atoms with Crippen LogP contribution in [0.2, 0.25) is 0 Å². The van der Waals surface area contributed by atoms with Crippen molar-refractivity contribution in [1.82, 2.24) is 4.90 Å². The van der Waals surface area contributed by atoms with Crippen LogP contribution in [0.25, 0.3) is 0 Å². The van der Waals surface area contributed by atoms with Gasteiger partial charge in [0.1, 0.15) is 5.75 Å². The van der Waals surface area contributed by atoms with Crippen LogP contribution in [-0.2, 0) is 11.2 Å². The summed E-state index contributed by atoms with van der Waals surface area (Å²) < 4.78 is 5.99. The highest BCUT2D eigenvalue weighted by Crippen LogP contribution is 2.23. The number of rotatable bonds is 4. The normalized spacial score (nSPS) is 15.6. The summed E-state index contributed by atoms with van der Waals surface area (Å²) in [5.74, 6) is 4.29. The zero-order valence-electron chi connectivity index (χ0n) is 12.9. The summed E-state index contributed by atoms with van der Waals surface area (Å²) in [6.07, 6.45) is 8.37. The van der Waals surface area contributed by atoms with Crippen LogP contribution >= 0.6 is 0 Å². The van der Waals surface area contributed by atoms with Crippen LogP contribution in [-0.4, -0.2) is 30.5 Å². The molecule has 1 saturated heterocycles. The maximum atomic E-state index is 11.3. The molecule has 1 aliphatic heterocycles. The Morgan fingerprint density at radius 2 is 2.14 bits per heavy atom. The molecule has 21 heavy (non-hydrogen) atoms. The van der Waals surface area contributed by atoms with Crippen molar-refractivity contribution in [1.29, 1.82) is 0 Å². The summed E-state index contributed by atoms with van der Waals surface area (Å²) in [4.78, 5) is 13.2. The van der Waals surface area contributed by atoms with Gasteiger partial charge in [-0.3, -0.25) is 4.79 Å². The summed E-state index contributed by atoms with van der Waals surface area (Å²) >= 11 is 0. The third kappa shape index (κ3) is 4.01. The smallest absolute Gasteiger partial charge is 0.219 e. The van der Waals surface area contributed by atoms with Gasteiger partial charge in [-0.2, -0.15) is 0 Å². The maximum Gasteiger partial charge on any atom is 0.219 e. The van der Waals surface area contributed by atoms with Gasteiger partial charge in [-0.25, -0.2) is 0 Å². The van der Waals surface area contributed by atoms with E-state index in [9.17, 15) is 4.79 Å². The Morgan fingerprint density at radius 3 is 2.71 bits per heavy atom. The minimum atomic E-state index is 0.174. The molecule has 1 aromatic rings. The van der Waals surface area contributed by atoms with Gasteiger partial charge in [0.05, 0.1) is 6.61 Å². The number of hydrogen-bond donors (Lipinski definition) is 0. The Bertz CT molecular complexity index is 537. The zero-order valence-corrected chi connectivity index (χ0v) is 12.9. The van der Waals surface area contributed by atoms with Crippen LogP contribution in [0.5, 0.6) is 5.75 Å². The van der Waals surface area contributed by atoms with E-state index in [2.05, 4.69) is 12.8 Å². The van der Waals surface area contributed by atoms with Gasteiger partial charge in [0.25, 0.3) is 0 Å². The molecular formula is C18H23NO2. The van der Waals surface area contributed by atoms with E-state index >= 15 is 0 Å². The van der Waals surface area contributed by atoms with Crippen molar-refractivity contribution in [2.45, 2.75) is 33.1 Å². The van der Waals surface area contributed by atoms with Crippen molar-refractivity contribution in [3.8, 4) is 18.1 Å². The first kappa shape index (κ1) is 15.4. The standard InChI is InChI=1S/C18H23NO2/c1-4-15-6-7-18(17(5-2)12-15)21-13-16-8-10-19(11-9-16)14(3)20/h1,6-7,12,16H,5,8-11,13H2,2-3H3. The molecule has 1 amide bonds. The van der Waals surface area contributed by atoms with Gasteiger partial charge in [-0.15, -0.1) is 6.42 Å². The van der Waals surface area contributed by atoms with Crippen LogP contribution < -0.4 is 4.74 Å². The van der Waals surface area contributed by atoms with Crippen molar-refractivity contribution in [2.75, 3.05) is 19.7 Å². The van der Waals surface area contributed by atoms with E-state index in [4.69, 9.17) is 11.2 Å². The van der Waals surface area contributed by atoms with Crippen molar-refractivity contribution in [2.24, 2.45) is 5.92 Å². The fraction of sp³-hybridized carbons (Fsp3) is 0.500. The second kappa shape index (κ2) is 7.17. The number of nitrogens with zero attached hydrogens (tertiary/aromatic N) is 1. The molecule has 1 aromatic carbocycles. The minimum Gasteiger partial charge on any atom is -0.493 e. The molecule has 1 fully saturated rings. The van der Waals surface area contributed by atoms with E-state index in [0.717, 1.165) is 49.2 Å². The molecule has 3 nitrogen and oxygen atoms in total. The lowest BCUT2D eigenvalue weighted by molar-refractivity contribution is -0.130. The first-order valence-corrected chi connectivity index (χ1v) is 7.62. The summed E-state index contributed by atoms with van der Waals surface area (Å²) in [5.41, 5.74) is 2.06. The van der Waals surface area contributed by atoms with Gasteiger partial charge in [0, 0.05) is 25.6 Å². The van der Waals surface area contributed by atoms with E-state index in [1.54, 1.807) is 6.92 Å². The Labute approximate surface area is 127 Å². The largest absolute Gasteiger partial charge is 0.493 e. The molecule has 0 saturated carbocycles. The highest BCUT2D eigenvalue weighted by Gasteiger charge is 2.21. The van der Waals surface area contributed by atoms with Crippen LogP contribution in [0, 0.1) is 18.3 Å². The molecule has 112 valence electrons. The fourth-order valence-electron chi connectivity index (χ4n) is 2.71. The molecule has 0 aromatic heterocycles. The molecule has 1 heterocycles. The second-order valence-corrected chi connectivity index (χ2v) is 5.58. The topological polar surface area (TPSA) is 29.5 Å². The highest BCUT2D eigenvalue weighted by molar-refractivity contribution is 5.73. The van der Waals surface area contributed by atoms with Gasteiger partial charge in [0.15, 0.2) is 0 Å². The Kier molecular flexibility index (Phi) is 5.27. The lowest BCUT2D eigenvalue weighted by Gasteiger charge is -2.31. The average molecular weight is 285 g/mol. The number of piperidine rings is 1. The van der Waals surface area contributed by atoms with Gasteiger partial charge in [0.2, 0.25) is 5.91 Å². The van der Waals surface area contributed by atoms with Crippen LogP contribution in [0.1, 0.15) is 37.8 Å². The number of aryl methyl sites for hydroxylation is 1. The summed E-state index contributed by atoms with van der Waals surface area (Å²) in [6, 6.07) is 5.92. The van der Waals surface area contributed by atoms with Crippen LogP contribution in [0.4, 0.5) is 0 Å². The van der Waals surface area contributed by atoms with E-state index in [1.165, 1.54) is 0 Å². The third-order valence-corrected chi connectivity index (χ3v) is 4.14.